The van der Waals surface area contributed by atoms with Gasteiger partial charge in [0.05, 0.1) is 23.4 Å². The number of benzene rings is 1. The molecule has 0 spiro atoms. The van der Waals surface area contributed by atoms with E-state index in [9.17, 15) is 4.79 Å². The van der Waals surface area contributed by atoms with E-state index < -0.39 is 15.2 Å². The van der Waals surface area contributed by atoms with Crippen LogP contribution in [0.3, 0.4) is 0 Å². The normalized spacial score (nSPS) is 20.8. The van der Waals surface area contributed by atoms with Gasteiger partial charge < -0.3 is 18.8 Å². The molecule has 1 unspecified atom stereocenters. The van der Waals surface area contributed by atoms with Gasteiger partial charge in [0.2, 0.25) is 11.8 Å². The van der Waals surface area contributed by atoms with Crippen molar-refractivity contribution in [2.45, 2.75) is 83.5 Å². The monoisotopic (exact) mass is 481 g/mol. The summed E-state index contributed by atoms with van der Waals surface area (Å²) in [5.41, 5.74) is 3.10. The molecule has 2 aromatic rings. The lowest BCUT2D eigenvalue weighted by Gasteiger charge is -2.32. The predicted octanol–water partition coefficient (Wildman–Crippen LogP) is 4.98. The molecule has 1 aromatic heterocycles. The van der Waals surface area contributed by atoms with Crippen LogP contribution in [0.2, 0.25) is 25.7 Å². The average molecular weight is 481 g/mol. The van der Waals surface area contributed by atoms with E-state index in [2.05, 4.69) is 64.5 Å². The van der Waals surface area contributed by atoms with E-state index >= 15 is 0 Å². The lowest BCUT2D eigenvalue weighted by molar-refractivity contribution is 0.00578. The van der Waals surface area contributed by atoms with Crippen LogP contribution in [0.25, 0.3) is 0 Å². The van der Waals surface area contributed by atoms with Crippen molar-refractivity contribution in [1.82, 2.24) is 4.98 Å². The van der Waals surface area contributed by atoms with Crippen molar-refractivity contribution >= 4 is 26.9 Å². The molecule has 1 atom stereocenters. The summed E-state index contributed by atoms with van der Waals surface area (Å²) >= 11 is 0. The highest BCUT2D eigenvalue weighted by molar-refractivity contribution is 6.76. The van der Waals surface area contributed by atoms with E-state index in [1.54, 1.807) is 12.1 Å². The Hall–Kier alpha value is -2.16. The maximum atomic E-state index is 11.5. The second-order valence-electron chi connectivity index (χ2n) is 11.5. The summed E-state index contributed by atoms with van der Waals surface area (Å²) in [6.07, 6.45) is 2.38. The molecule has 2 aliphatic rings. The number of rotatable bonds is 8. The number of hydrogen-bond donors (Lipinski definition) is 0. The maximum Gasteiger partial charge on any atom is 0.495 e. The molecule has 1 saturated heterocycles. The molecule has 1 aliphatic carbocycles. The van der Waals surface area contributed by atoms with Gasteiger partial charge in [-0.25, -0.2) is 0 Å². The van der Waals surface area contributed by atoms with Gasteiger partial charge in [0.1, 0.15) is 6.10 Å². The van der Waals surface area contributed by atoms with Crippen LogP contribution in [-0.4, -0.2) is 44.3 Å². The van der Waals surface area contributed by atoms with E-state index in [1.807, 2.05) is 6.07 Å². The van der Waals surface area contributed by atoms with Crippen molar-refractivity contribution in [1.29, 1.82) is 0 Å². The van der Waals surface area contributed by atoms with Crippen molar-refractivity contribution in [2.24, 2.45) is 0 Å². The van der Waals surface area contributed by atoms with Crippen LogP contribution >= 0.6 is 0 Å². The van der Waals surface area contributed by atoms with E-state index in [1.165, 1.54) is 5.56 Å². The summed E-state index contributed by atoms with van der Waals surface area (Å²) in [5.74, 6) is 0.808. The van der Waals surface area contributed by atoms with E-state index in [0.717, 1.165) is 36.2 Å². The zero-order valence-electron chi connectivity index (χ0n) is 21.4. The molecule has 0 amide bonds. The van der Waals surface area contributed by atoms with Gasteiger partial charge in [-0.3, -0.25) is 4.79 Å². The first kappa shape index (κ1) is 25.0. The van der Waals surface area contributed by atoms with Crippen molar-refractivity contribution in [3.63, 3.8) is 0 Å². The number of nitrogens with zero attached hydrogens (tertiary/aromatic N) is 1. The first-order chi connectivity index (χ1) is 15.9. The van der Waals surface area contributed by atoms with Gasteiger partial charge in [0.15, 0.2) is 6.29 Å². The second kappa shape index (κ2) is 9.13. The summed E-state index contributed by atoms with van der Waals surface area (Å²) in [7, 11) is -1.64. The van der Waals surface area contributed by atoms with Crippen LogP contribution in [0.4, 0.5) is 0 Å². The Morgan fingerprint density at radius 2 is 1.82 bits per heavy atom. The SMILES string of the molecule is CC1(C)OB(c2cccc3c2CCC3Oc2ccc(C=O)c(OCC[Si](C)(C)C)n2)OC1(C)C. The minimum Gasteiger partial charge on any atom is -0.477 e. The van der Waals surface area contributed by atoms with Crippen LogP contribution in [0.15, 0.2) is 30.3 Å². The fourth-order valence-corrected chi connectivity index (χ4v) is 4.98. The number of carbonyl (C=O) groups excluding carboxylic acids is 1. The Bertz CT molecular complexity index is 1050. The first-order valence-corrected chi connectivity index (χ1v) is 15.8. The zero-order valence-corrected chi connectivity index (χ0v) is 22.4. The maximum absolute atomic E-state index is 11.5. The van der Waals surface area contributed by atoms with Crippen molar-refractivity contribution < 1.29 is 23.6 Å². The molecule has 2 heterocycles. The molecule has 0 bridgehead atoms. The minimum atomic E-state index is -1.25. The van der Waals surface area contributed by atoms with Crippen LogP contribution in [0.5, 0.6) is 11.8 Å². The number of hydrogen-bond acceptors (Lipinski definition) is 6. The average Bonchev–Trinajstić information content (AvgIpc) is 3.24. The van der Waals surface area contributed by atoms with Gasteiger partial charge in [-0.15, -0.1) is 0 Å². The molecular weight excluding hydrogens is 445 g/mol. The van der Waals surface area contributed by atoms with Crippen LogP contribution in [-0.2, 0) is 15.7 Å². The Balaban J connectivity index is 1.52. The molecule has 0 radical (unpaired) electrons. The minimum absolute atomic E-state index is 0.123. The lowest BCUT2D eigenvalue weighted by Crippen LogP contribution is -2.41. The topological polar surface area (TPSA) is 66.9 Å². The summed E-state index contributed by atoms with van der Waals surface area (Å²) in [4.78, 5) is 16.0. The number of aldehydes is 1. The van der Waals surface area contributed by atoms with Crippen LogP contribution in [0, 0.1) is 0 Å². The third kappa shape index (κ3) is 5.09. The summed E-state index contributed by atoms with van der Waals surface area (Å²) in [6.45, 7) is 15.7. The van der Waals surface area contributed by atoms with Gasteiger partial charge >= 0.3 is 7.12 Å². The van der Waals surface area contributed by atoms with Crippen LogP contribution in [0.1, 0.15) is 61.7 Å². The Morgan fingerprint density at radius 3 is 2.47 bits per heavy atom. The molecule has 182 valence electrons. The van der Waals surface area contributed by atoms with Crippen LogP contribution < -0.4 is 14.9 Å². The predicted molar refractivity (Wildman–Crippen MR) is 137 cm³/mol. The summed E-state index contributed by atoms with van der Waals surface area (Å²) in [5, 5.41) is 0. The highest BCUT2D eigenvalue weighted by Gasteiger charge is 2.52. The molecule has 0 N–H and O–H groups in total. The fourth-order valence-electron chi connectivity index (χ4n) is 4.26. The summed E-state index contributed by atoms with van der Waals surface area (Å²) < 4.78 is 24.8. The van der Waals surface area contributed by atoms with Gasteiger partial charge in [-0.1, -0.05) is 37.8 Å². The smallest absolute Gasteiger partial charge is 0.477 e. The number of pyridine rings is 1. The highest BCUT2D eigenvalue weighted by atomic mass is 28.3. The zero-order chi connectivity index (χ0) is 24.7. The molecule has 34 heavy (non-hydrogen) atoms. The molecule has 6 nitrogen and oxygen atoms in total. The molecule has 0 saturated carbocycles. The lowest BCUT2D eigenvalue weighted by atomic mass is 9.75. The Morgan fingerprint density at radius 1 is 1.12 bits per heavy atom. The van der Waals surface area contributed by atoms with E-state index in [0.29, 0.717) is 23.9 Å². The summed E-state index contributed by atoms with van der Waals surface area (Å²) in [6, 6.07) is 10.7. The largest absolute Gasteiger partial charge is 0.495 e. The molecule has 1 fully saturated rings. The van der Waals surface area contributed by atoms with Gasteiger partial charge in [-0.05, 0) is 69.2 Å². The van der Waals surface area contributed by atoms with Crippen molar-refractivity contribution in [3.8, 4) is 11.8 Å². The fraction of sp³-hybridized carbons (Fsp3) is 0.538. The molecule has 1 aliphatic heterocycles. The molecule has 1 aromatic carbocycles. The third-order valence-electron chi connectivity index (χ3n) is 7.10. The van der Waals surface area contributed by atoms with Crippen molar-refractivity contribution in [2.75, 3.05) is 6.61 Å². The van der Waals surface area contributed by atoms with E-state index in [-0.39, 0.29) is 17.3 Å². The Kier molecular flexibility index (Phi) is 6.70. The third-order valence-corrected chi connectivity index (χ3v) is 8.81. The Labute approximate surface area is 204 Å². The number of fused-ring (bicyclic) bond motifs is 1. The number of ether oxygens (including phenoxy) is 2. The first-order valence-electron chi connectivity index (χ1n) is 12.1. The van der Waals surface area contributed by atoms with Gasteiger partial charge in [0.25, 0.3) is 0 Å². The molecule has 8 heteroatoms. The van der Waals surface area contributed by atoms with Gasteiger partial charge in [-0.2, -0.15) is 4.98 Å². The molecule has 4 rings (SSSR count). The number of aromatic nitrogens is 1. The van der Waals surface area contributed by atoms with Gasteiger partial charge in [0, 0.05) is 14.1 Å². The number of carbonyl (C=O) groups is 1. The van der Waals surface area contributed by atoms with Crippen molar-refractivity contribution in [3.05, 3.63) is 47.0 Å². The quantitative estimate of drug-likeness (QED) is 0.392. The second-order valence-corrected chi connectivity index (χ2v) is 17.1. The van der Waals surface area contributed by atoms with E-state index in [4.69, 9.17) is 18.8 Å². The standard InChI is InChI=1S/C26H36BNO5Si/c1-25(2)26(3,4)33-27(32-25)21-10-8-9-20-19(21)12-13-22(20)31-23-14-11-18(17-29)24(28-23)30-15-16-34(5,6)7/h8-11,14,17,22H,12-13,15-16H2,1-7H3. The highest BCUT2D eigenvalue weighted by Crippen LogP contribution is 2.39. The molecular formula is C26H36BNO5Si.